The minimum atomic E-state index is -1.81. The second-order valence-corrected chi connectivity index (χ2v) is 2.60. The van der Waals surface area contributed by atoms with Gasteiger partial charge in [0.2, 0.25) is 0 Å². The molecule has 7 nitrogen and oxygen atoms in total. The fourth-order valence-electron chi connectivity index (χ4n) is 0.944. The molecule has 0 saturated carbocycles. The molecule has 4 N–H and O–H groups in total. The topological polar surface area (TPSA) is 132 Å². The van der Waals surface area contributed by atoms with Gasteiger partial charge in [0, 0.05) is 6.61 Å². The Morgan fingerprint density at radius 1 is 0.867 bits per heavy atom. The van der Waals surface area contributed by atoms with Gasteiger partial charge in [-0.15, -0.1) is 0 Å². The summed E-state index contributed by atoms with van der Waals surface area (Å²) in [4.78, 5) is 31.6. The maximum atomic E-state index is 10.6. The normalized spacial score (nSPS) is 9.40. The molecule has 0 aliphatic rings. The van der Waals surface area contributed by atoms with E-state index in [2.05, 4.69) is 0 Å². The average Bonchev–Trinajstić information content (AvgIpc) is 2.09. The van der Waals surface area contributed by atoms with Gasteiger partial charge in [0.1, 0.15) is 0 Å². The molecule has 0 rings (SSSR count). The molecule has 84 valence electrons. The highest BCUT2D eigenvalue weighted by Crippen LogP contribution is 2.12. The van der Waals surface area contributed by atoms with E-state index in [0.717, 1.165) is 0 Å². The van der Waals surface area contributed by atoms with E-state index >= 15 is 0 Å². The molecule has 0 spiro atoms. The zero-order valence-corrected chi connectivity index (χ0v) is 7.63. The maximum absolute atomic E-state index is 10.6. The predicted octanol–water partition coefficient (Wildman–Crippen LogP) is -0.691. The molecule has 0 atom stereocenters. The molecule has 0 bridgehead atoms. The molecule has 0 radical (unpaired) electrons. The van der Waals surface area contributed by atoms with Gasteiger partial charge in [-0.05, 0) is 12.8 Å². The van der Waals surface area contributed by atoms with Gasteiger partial charge < -0.3 is 20.4 Å². The minimum absolute atomic E-state index is 0.00824. The first-order chi connectivity index (χ1) is 6.91. The van der Waals surface area contributed by atoms with E-state index in [1.165, 1.54) is 0 Å². The molecule has 0 saturated heterocycles. The van der Waals surface area contributed by atoms with Gasteiger partial charge in [-0.1, -0.05) is 0 Å². The van der Waals surface area contributed by atoms with Gasteiger partial charge in [0.05, 0.1) is 5.57 Å². The Morgan fingerprint density at radius 3 is 1.60 bits per heavy atom. The highest BCUT2D eigenvalue weighted by atomic mass is 16.4. The fourth-order valence-corrected chi connectivity index (χ4v) is 0.944. The second-order valence-electron chi connectivity index (χ2n) is 2.60. The van der Waals surface area contributed by atoms with Crippen molar-refractivity contribution in [3.8, 4) is 0 Å². The van der Waals surface area contributed by atoms with E-state index in [1.54, 1.807) is 0 Å². The number of carbonyl (C=O) groups is 3. The summed E-state index contributed by atoms with van der Waals surface area (Å²) >= 11 is 0. The van der Waals surface area contributed by atoms with Crippen molar-refractivity contribution in [2.24, 2.45) is 0 Å². The molecule has 0 amide bonds. The highest BCUT2D eigenvalue weighted by molar-refractivity contribution is 6.17. The van der Waals surface area contributed by atoms with Crippen LogP contribution in [0.3, 0.4) is 0 Å². The van der Waals surface area contributed by atoms with E-state index in [-0.39, 0.29) is 19.4 Å². The smallest absolute Gasteiger partial charge is 0.343 e. The SMILES string of the molecule is O=C(O)C(CCCO)=C(C(=O)O)C(=O)O. The van der Waals surface area contributed by atoms with Crippen LogP contribution in [0, 0.1) is 0 Å². The molecule has 0 unspecified atom stereocenters. The largest absolute Gasteiger partial charge is 0.478 e. The summed E-state index contributed by atoms with van der Waals surface area (Å²) < 4.78 is 0. The Kier molecular flexibility index (Phi) is 5.03. The number of aliphatic hydroxyl groups is 1. The number of hydrogen-bond acceptors (Lipinski definition) is 4. The molecule has 0 fully saturated rings. The average molecular weight is 218 g/mol. The summed E-state index contributed by atoms with van der Waals surface area (Å²) in [6.45, 7) is -0.344. The lowest BCUT2D eigenvalue weighted by atomic mass is 10.0. The molecule has 0 aromatic heterocycles. The third-order valence-corrected chi connectivity index (χ3v) is 1.57. The molecule has 15 heavy (non-hydrogen) atoms. The van der Waals surface area contributed by atoms with Crippen molar-refractivity contribution >= 4 is 17.9 Å². The number of carboxylic acid groups (broad SMARTS) is 3. The molecule has 0 aromatic carbocycles. The van der Waals surface area contributed by atoms with Gasteiger partial charge in [-0.2, -0.15) is 0 Å². The van der Waals surface area contributed by atoms with Crippen LogP contribution in [-0.4, -0.2) is 44.9 Å². The summed E-state index contributed by atoms with van der Waals surface area (Å²) in [6.07, 6.45) is -0.314. The van der Waals surface area contributed by atoms with Crippen molar-refractivity contribution in [2.75, 3.05) is 6.61 Å². The van der Waals surface area contributed by atoms with Crippen LogP contribution in [-0.2, 0) is 14.4 Å². The van der Waals surface area contributed by atoms with Gasteiger partial charge in [0.15, 0.2) is 5.57 Å². The molecular weight excluding hydrogens is 208 g/mol. The first-order valence-corrected chi connectivity index (χ1v) is 3.95. The van der Waals surface area contributed by atoms with Crippen LogP contribution in [0.25, 0.3) is 0 Å². The number of carboxylic acids is 3. The first-order valence-electron chi connectivity index (χ1n) is 3.95. The van der Waals surface area contributed by atoms with E-state index < -0.39 is 29.1 Å². The maximum Gasteiger partial charge on any atom is 0.343 e. The minimum Gasteiger partial charge on any atom is -0.478 e. The monoisotopic (exact) mass is 218 g/mol. The summed E-state index contributed by atoms with van der Waals surface area (Å²) in [6, 6.07) is 0. The van der Waals surface area contributed by atoms with Crippen LogP contribution in [0.2, 0.25) is 0 Å². The van der Waals surface area contributed by atoms with Crippen LogP contribution in [0.4, 0.5) is 0 Å². The van der Waals surface area contributed by atoms with E-state index in [4.69, 9.17) is 20.4 Å². The number of hydrogen-bond donors (Lipinski definition) is 4. The summed E-state index contributed by atoms with van der Waals surface area (Å²) in [7, 11) is 0. The Morgan fingerprint density at radius 2 is 1.33 bits per heavy atom. The number of aliphatic hydroxyl groups excluding tert-OH is 1. The standard InChI is InChI=1S/C8H10O7/c9-3-1-2-4(6(10)11)5(7(12)13)8(14)15/h9H,1-3H2,(H,10,11)(H,12,13)(H,14,15). The molecule has 0 aromatic rings. The third-order valence-electron chi connectivity index (χ3n) is 1.57. The molecule has 0 aliphatic heterocycles. The number of rotatable bonds is 6. The molecule has 0 heterocycles. The summed E-state index contributed by atoms with van der Waals surface area (Å²) in [5.74, 6) is -5.22. The molecule has 7 heteroatoms. The van der Waals surface area contributed by atoms with Crippen LogP contribution < -0.4 is 0 Å². The van der Waals surface area contributed by atoms with Crippen molar-refractivity contribution in [3.05, 3.63) is 11.1 Å². The van der Waals surface area contributed by atoms with Gasteiger partial charge in [0.25, 0.3) is 0 Å². The number of aliphatic carboxylic acids is 3. The molecular formula is C8H10O7. The summed E-state index contributed by atoms with van der Waals surface area (Å²) in [5.41, 5.74) is -1.89. The first kappa shape index (κ1) is 13.1. The van der Waals surface area contributed by atoms with E-state index in [0.29, 0.717) is 0 Å². The van der Waals surface area contributed by atoms with Gasteiger partial charge in [-0.25, -0.2) is 14.4 Å². The van der Waals surface area contributed by atoms with Gasteiger partial charge in [-0.3, -0.25) is 0 Å². The van der Waals surface area contributed by atoms with E-state index in [9.17, 15) is 14.4 Å². The highest BCUT2D eigenvalue weighted by Gasteiger charge is 2.25. The van der Waals surface area contributed by atoms with E-state index in [1.807, 2.05) is 0 Å². The fraction of sp³-hybridized carbons (Fsp3) is 0.375. The van der Waals surface area contributed by atoms with Crippen molar-refractivity contribution < 1.29 is 34.8 Å². The Balaban J connectivity index is 5.25. The zero-order valence-electron chi connectivity index (χ0n) is 7.63. The summed E-state index contributed by atoms with van der Waals surface area (Å²) in [5, 5.41) is 34.0. The van der Waals surface area contributed by atoms with Crippen molar-refractivity contribution in [1.29, 1.82) is 0 Å². The lowest BCUT2D eigenvalue weighted by Gasteiger charge is -2.03. The lowest BCUT2D eigenvalue weighted by Crippen LogP contribution is -2.18. The Labute approximate surface area is 84.3 Å². The van der Waals surface area contributed by atoms with Crippen molar-refractivity contribution in [2.45, 2.75) is 12.8 Å². The third kappa shape index (κ3) is 3.77. The molecule has 0 aliphatic carbocycles. The lowest BCUT2D eigenvalue weighted by molar-refractivity contribution is -0.142. The second kappa shape index (κ2) is 5.76. The van der Waals surface area contributed by atoms with Crippen LogP contribution in [0.1, 0.15) is 12.8 Å². The Bertz CT molecular complexity index is 299. The van der Waals surface area contributed by atoms with Crippen LogP contribution >= 0.6 is 0 Å². The quantitative estimate of drug-likeness (QED) is 0.263. The van der Waals surface area contributed by atoms with Crippen molar-refractivity contribution in [1.82, 2.24) is 0 Å². The van der Waals surface area contributed by atoms with Crippen LogP contribution in [0.5, 0.6) is 0 Å². The van der Waals surface area contributed by atoms with Gasteiger partial charge >= 0.3 is 17.9 Å². The predicted molar refractivity (Wildman–Crippen MR) is 46.3 cm³/mol. The zero-order chi connectivity index (χ0) is 12.0. The van der Waals surface area contributed by atoms with Crippen molar-refractivity contribution in [3.63, 3.8) is 0 Å². The Hall–Kier alpha value is -1.89. The van der Waals surface area contributed by atoms with Crippen LogP contribution in [0.15, 0.2) is 11.1 Å².